The number of nitrogens with one attached hydrogen (secondary N) is 1. The SMILES string of the molecule is CC(C)C(CO)NCc1cc(Br)c2c(c1)OCCO2. The second-order valence-electron chi connectivity index (χ2n) is 5.02. The highest BCUT2D eigenvalue weighted by atomic mass is 79.9. The molecule has 1 unspecified atom stereocenters. The Labute approximate surface area is 122 Å². The molecule has 4 nitrogen and oxygen atoms in total. The second kappa shape index (κ2) is 6.59. The highest BCUT2D eigenvalue weighted by Gasteiger charge is 2.17. The molecule has 0 saturated carbocycles. The van der Waals surface area contributed by atoms with Crippen LogP contribution in [-0.2, 0) is 6.54 Å². The van der Waals surface area contributed by atoms with E-state index in [0.717, 1.165) is 21.5 Å². The van der Waals surface area contributed by atoms with E-state index in [9.17, 15) is 5.11 Å². The van der Waals surface area contributed by atoms with Crippen molar-refractivity contribution in [1.29, 1.82) is 0 Å². The molecule has 0 amide bonds. The first-order valence-corrected chi connectivity index (χ1v) is 7.33. The number of halogens is 1. The largest absolute Gasteiger partial charge is 0.486 e. The summed E-state index contributed by atoms with van der Waals surface area (Å²) >= 11 is 3.50. The molecule has 0 spiro atoms. The summed E-state index contributed by atoms with van der Waals surface area (Å²) in [7, 11) is 0. The molecule has 0 radical (unpaired) electrons. The Morgan fingerprint density at radius 3 is 2.74 bits per heavy atom. The first-order valence-electron chi connectivity index (χ1n) is 6.54. The molecule has 0 fully saturated rings. The number of fused-ring (bicyclic) bond motifs is 1. The number of hydrogen-bond donors (Lipinski definition) is 2. The number of ether oxygens (including phenoxy) is 2. The van der Waals surface area contributed by atoms with Gasteiger partial charge in [0.2, 0.25) is 0 Å². The molecular formula is C14H20BrNO3. The van der Waals surface area contributed by atoms with Crippen LogP contribution in [0.15, 0.2) is 16.6 Å². The lowest BCUT2D eigenvalue weighted by molar-refractivity contribution is 0.170. The lowest BCUT2D eigenvalue weighted by Crippen LogP contribution is -2.36. The van der Waals surface area contributed by atoms with Crippen LogP contribution in [0.2, 0.25) is 0 Å². The minimum Gasteiger partial charge on any atom is -0.486 e. The zero-order valence-electron chi connectivity index (χ0n) is 11.3. The van der Waals surface area contributed by atoms with Crippen molar-refractivity contribution in [2.75, 3.05) is 19.8 Å². The van der Waals surface area contributed by atoms with Crippen molar-refractivity contribution in [1.82, 2.24) is 5.32 Å². The summed E-state index contributed by atoms with van der Waals surface area (Å²) < 4.78 is 12.1. The van der Waals surface area contributed by atoms with Crippen molar-refractivity contribution < 1.29 is 14.6 Å². The molecule has 1 atom stereocenters. The maximum Gasteiger partial charge on any atom is 0.175 e. The van der Waals surface area contributed by atoms with Gasteiger partial charge in [0.15, 0.2) is 11.5 Å². The van der Waals surface area contributed by atoms with Gasteiger partial charge in [-0.05, 0) is 39.5 Å². The maximum atomic E-state index is 9.30. The molecule has 0 saturated heterocycles. The molecule has 1 aliphatic heterocycles. The third-order valence-corrected chi connectivity index (χ3v) is 3.82. The third-order valence-electron chi connectivity index (χ3n) is 3.23. The first kappa shape index (κ1) is 14.6. The van der Waals surface area contributed by atoms with Gasteiger partial charge < -0.3 is 19.9 Å². The van der Waals surface area contributed by atoms with Crippen molar-refractivity contribution >= 4 is 15.9 Å². The normalized spacial score (nSPS) is 15.6. The van der Waals surface area contributed by atoms with Crippen LogP contribution in [0.4, 0.5) is 0 Å². The Morgan fingerprint density at radius 2 is 2.05 bits per heavy atom. The first-order chi connectivity index (χ1) is 9.11. The molecule has 2 N–H and O–H groups in total. The molecular weight excluding hydrogens is 310 g/mol. The Morgan fingerprint density at radius 1 is 1.32 bits per heavy atom. The van der Waals surface area contributed by atoms with Crippen molar-refractivity contribution in [3.63, 3.8) is 0 Å². The molecule has 106 valence electrons. The summed E-state index contributed by atoms with van der Waals surface area (Å²) in [6.07, 6.45) is 0. The van der Waals surface area contributed by atoms with Gasteiger partial charge in [-0.3, -0.25) is 0 Å². The summed E-state index contributed by atoms with van der Waals surface area (Å²) in [5.74, 6) is 1.95. The Hall–Kier alpha value is -0.780. The van der Waals surface area contributed by atoms with Crippen molar-refractivity contribution in [3.05, 3.63) is 22.2 Å². The smallest absolute Gasteiger partial charge is 0.175 e. The molecule has 0 bridgehead atoms. The van der Waals surface area contributed by atoms with Crippen LogP contribution in [-0.4, -0.2) is 31.0 Å². The predicted octanol–water partition coefficient (Wildman–Crippen LogP) is 2.33. The van der Waals surface area contributed by atoms with E-state index < -0.39 is 0 Å². The second-order valence-corrected chi connectivity index (χ2v) is 5.87. The van der Waals surface area contributed by atoms with Gasteiger partial charge in [0.25, 0.3) is 0 Å². The quantitative estimate of drug-likeness (QED) is 0.870. The fraction of sp³-hybridized carbons (Fsp3) is 0.571. The van der Waals surface area contributed by atoms with E-state index in [-0.39, 0.29) is 12.6 Å². The lowest BCUT2D eigenvalue weighted by Gasteiger charge is -2.22. The van der Waals surface area contributed by atoms with Crippen LogP contribution in [0, 0.1) is 5.92 Å². The van der Waals surface area contributed by atoms with Gasteiger partial charge in [-0.15, -0.1) is 0 Å². The zero-order valence-corrected chi connectivity index (χ0v) is 12.9. The Kier molecular flexibility index (Phi) is 5.07. The highest BCUT2D eigenvalue weighted by Crippen LogP contribution is 2.38. The number of benzene rings is 1. The van der Waals surface area contributed by atoms with E-state index in [1.54, 1.807) is 0 Å². The monoisotopic (exact) mass is 329 g/mol. The van der Waals surface area contributed by atoms with E-state index in [0.29, 0.717) is 25.7 Å². The minimum atomic E-state index is 0.104. The Bertz CT molecular complexity index is 437. The summed E-state index contributed by atoms with van der Waals surface area (Å²) in [6, 6.07) is 4.11. The fourth-order valence-corrected chi connectivity index (χ4v) is 2.63. The molecule has 5 heteroatoms. The molecule has 1 heterocycles. The Balaban J connectivity index is 2.07. The van der Waals surface area contributed by atoms with Crippen molar-refractivity contribution in [2.24, 2.45) is 5.92 Å². The zero-order chi connectivity index (χ0) is 13.8. The van der Waals surface area contributed by atoms with Gasteiger partial charge in [0, 0.05) is 12.6 Å². The van der Waals surface area contributed by atoms with E-state index >= 15 is 0 Å². The number of hydrogen-bond acceptors (Lipinski definition) is 4. The molecule has 0 aliphatic carbocycles. The number of aliphatic hydroxyl groups excluding tert-OH is 1. The average molecular weight is 330 g/mol. The summed E-state index contributed by atoms with van der Waals surface area (Å²) in [4.78, 5) is 0. The molecule has 2 rings (SSSR count). The van der Waals surface area contributed by atoms with Crippen LogP contribution in [0.25, 0.3) is 0 Å². The molecule has 1 aromatic carbocycles. The van der Waals surface area contributed by atoms with Crippen LogP contribution in [0.5, 0.6) is 11.5 Å². The van der Waals surface area contributed by atoms with Gasteiger partial charge in [-0.2, -0.15) is 0 Å². The average Bonchev–Trinajstić information content (AvgIpc) is 2.39. The minimum absolute atomic E-state index is 0.104. The third kappa shape index (κ3) is 3.61. The van der Waals surface area contributed by atoms with Crippen LogP contribution in [0.1, 0.15) is 19.4 Å². The van der Waals surface area contributed by atoms with E-state index in [1.807, 2.05) is 12.1 Å². The van der Waals surface area contributed by atoms with Crippen LogP contribution in [0.3, 0.4) is 0 Å². The summed E-state index contributed by atoms with van der Waals surface area (Å²) in [6.45, 7) is 6.19. The summed E-state index contributed by atoms with van der Waals surface area (Å²) in [5.41, 5.74) is 1.11. The van der Waals surface area contributed by atoms with E-state index in [1.165, 1.54) is 0 Å². The highest BCUT2D eigenvalue weighted by molar-refractivity contribution is 9.10. The van der Waals surface area contributed by atoms with Gasteiger partial charge in [-0.25, -0.2) is 0 Å². The van der Waals surface area contributed by atoms with Gasteiger partial charge in [-0.1, -0.05) is 13.8 Å². The summed E-state index contributed by atoms with van der Waals surface area (Å²) in [5, 5.41) is 12.7. The molecule has 1 aromatic rings. The van der Waals surface area contributed by atoms with Crippen molar-refractivity contribution in [2.45, 2.75) is 26.4 Å². The maximum absolute atomic E-state index is 9.30. The van der Waals surface area contributed by atoms with Crippen LogP contribution < -0.4 is 14.8 Å². The fourth-order valence-electron chi connectivity index (χ4n) is 2.03. The van der Waals surface area contributed by atoms with Gasteiger partial charge in [0.1, 0.15) is 13.2 Å². The van der Waals surface area contributed by atoms with E-state index in [4.69, 9.17) is 9.47 Å². The van der Waals surface area contributed by atoms with Crippen LogP contribution >= 0.6 is 15.9 Å². The van der Waals surface area contributed by atoms with Gasteiger partial charge in [0.05, 0.1) is 11.1 Å². The lowest BCUT2D eigenvalue weighted by atomic mass is 10.0. The number of rotatable bonds is 5. The standard InChI is InChI=1S/C14H20BrNO3/c1-9(2)12(8-17)16-7-10-5-11(15)14-13(6-10)18-3-4-19-14/h5-6,9,12,16-17H,3-4,7-8H2,1-2H3. The van der Waals surface area contributed by atoms with Gasteiger partial charge >= 0.3 is 0 Å². The molecule has 0 aromatic heterocycles. The van der Waals surface area contributed by atoms with Crippen molar-refractivity contribution in [3.8, 4) is 11.5 Å². The van der Waals surface area contributed by atoms with E-state index in [2.05, 4.69) is 35.1 Å². The molecule has 19 heavy (non-hydrogen) atoms. The molecule has 1 aliphatic rings. The predicted molar refractivity (Wildman–Crippen MR) is 77.7 cm³/mol. The number of aliphatic hydroxyl groups is 1. The topological polar surface area (TPSA) is 50.7 Å².